The predicted molar refractivity (Wildman–Crippen MR) is 94.8 cm³/mol. The second-order valence-electron chi connectivity index (χ2n) is 5.20. The fourth-order valence-electron chi connectivity index (χ4n) is 2.19. The van der Waals surface area contributed by atoms with Gasteiger partial charge >= 0.3 is 5.97 Å². The van der Waals surface area contributed by atoms with Crippen molar-refractivity contribution < 1.29 is 14.3 Å². The first-order valence-electron chi connectivity index (χ1n) is 7.42. The quantitative estimate of drug-likeness (QED) is 0.659. The number of esters is 1. The highest BCUT2D eigenvalue weighted by molar-refractivity contribution is 6.31. The molecule has 1 amide bonds. The van der Waals surface area contributed by atoms with Crippen molar-refractivity contribution in [3.05, 3.63) is 76.3 Å². The smallest absolute Gasteiger partial charge is 0.337 e. The molecule has 24 heavy (non-hydrogen) atoms. The lowest BCUT2D eigenvalue weighted by Gasteiger charge is -2.14. The highest BCUT2D eigenvalue weighted by Gasteiger charge is 2.10. The van der Waals surface area contributed by atoms with Crippen molar-refractivity contribution in [2.75, 3.05) is 7.11 Å². The van der Waals surface area contributed by atoms with Crippen LogP contribution in [0.1, 0.15) is 34.5 Å². The predicted octanol–water partition coefficient (Wildman–Crippen LogP) is 4.02. The molecule has 1 atom stereocenters. The van der Waals surface area contributed by atoms with E-state index in [0.29, 0.717) is 10.6 Å². The Balaban J connectivity index is 1.98. The summed E-state index contributed by atoms with van der Waals surface area (Å²) < 4.78 is 4.64. The lowest BCUT2D eigenvalue weighted by atomic mass is 10.1. The first-order chi connectivity index (χ1) is 11.5. The highest BCUT2D eigenvalue weighted by atomic mass is 35.5. The summed E-state index contributed by atoms with van der Waals surface area (Å²) in [5, 5.41) is 3.48. The van der Waals surface area contributed by atoms with Crippen LogP contribution in [-0.4, -0.2) is 19.0 Å². The van der Waals surface area contributed by atoms with Crippen molar-refractivity contribution in [1.82, 2.24) is 5.32 Å². The fourth-order valence-corrected chi connectivity index (χ4v) is 2.48. The van der Waals surface area contributed by atoms with Crippen LogP contribution in [0.3, 0.4) is 0 Å². The zero-order valence-electron chi connectivity index (χ0n) is 13.5. The zero-order valence-corrected chi connectivity index (χ0v) is 14.2. The van der Waals surface area contributed by atoms with E-state index >= 15 is 0 Å². The molecule has 1 unspecified atom stereocenters. The largest absolute Gasteiger partial charge is 0.465 e. The number of ether oxygens (including phenoxy) is 1. The molecule has 0 saturated heterocycles. The van der Waals surface area contributed by atoms with Crippen molar-refractivity contribution in [3.63, 3.8) is 0 Å². The minimum Gasteiger partial charge on any atom is -0.465 e. The van der Waals surface area contributed by atoms with Crippen LogP contribution in [-0.2, 0) is 9.53 Å². The third-order valence-corrected chi connectivity index (χ3v) is 3.83. The van der Waals surface area contributed by atoms with Gasteiger partial charge in [0, 0.05) is 11.1 Å². The van der Waals surface area contributed by atoms with Gasteiger partial charge in [-0.25, -0.2) is 4.79 Å². The summed E-state index contributed by atoms with van der Waals surface area (Å²) in [5.41, 5.74) is 2.14. The van der Waals surface area contributed by atoms with E-state index in [-0.39, 0.29) is 11.9 Å². The number of hydrogen-bond acceptors (Lipinski definition) is 3. The molecule has 5 heteroatoms. The summed E-state index contributed by atoms with van der Waals surface area (Å²) in [6, 6.07) is 14.0. The third kappa shape index (κ3) is 4.70. The molecule has 1 N–H and O–H groups in total. The number of benzene rings is 2. The van der Waals surface area contributed by atoms with Gasteiger partial charge < -0.3 is 10.1 Å². The van der Waals surface area contributed by atoms with Crippen LogP contribution < -0.4 is 5.32 Å². The van der Waals surface area contributed by atoms with Gasteiger partial charge in [0.15, 0.2) is 0 Å². The molecule has 0 heterocycles. The molecule has 0 aliphatic rings. The Morgan fingerprint density at radius 3 is 2.42 bits per heavy atom. The summed E-state index contributed by atoms with van der Waals surface area (Å²) in [5.74, 6) is -0.615. The maximum absolute atomic E-state index is 12.0. The van der Waals surface area contributed by atoms with E-state index in [1.165, 1.54) is 13.2 Å². The van der Waals surface area contributed by atoms with Crippen molar-refractivity contribution >= 4 is 29.6 Å². The average molecular weight is 344 g/mol. The molecule has 0 fully saturated rings. The Labute approximate surface area is 146 Å². The molecule has 2 aromatic rings. The van der Waals surface area contributed by atoms with E-state index < -0.39 is 5.97 Å². The van der Waals surface area contributed by atoms with Crippen LogP contribution in [0.2, 0.25) is 5.02 Å². The molecule has 0 aromatic heterocycles. The number of amides is 1. The van der Waals surface area contributed by atoms with E-state index in [4.69, 9.17) is 11.6 Å². The molecule has 2 aromatic carbocycles. The summed E-state index contributed by atoms with van der Waals surface area (Å²) in [7, 11) is 1.33. The van der Waals surface area contributed by atoms with Crippen molar-refractivity contribution in [2.45, 2.75) is 13.0 Å². The SMILES string of the molecule is COC(=O)c1ccc(/C=C/C(=O)NC(C)c2ccccc2Cl)cc1. The Morgan fingerprint density at radius 1 is 1.12 bits per heavy atom. The van der Waals surface area contributed by atoms with E-state index in [0.717, 1.165) is 11.1 Å². The minimum absolute atomic E-state index is 0.197. The number of carbonyl (C=O) groups excluding carboxylic acids is 2. The molecule has 0 bridgehead atoms. The van der Waals surface area contributed by atoms with Crippen LogP contribution in [0.25, 0.3) is 6.08 Å². The summed E-state index contributed by atoms with van der Waals surface area (Å²) >= 11 is 6.12. The van der Waals surface area contributed by atoms with Gasteiger partial charge in [-0.15, -0.1) is 0 Å². The first-order valence-corrected chi connectivity index (χ1v) is 7.80. The standard InChI is InChI=1S/C19H18ClNO3/c1-13(16-5-3-4-6-17(16)20)21-18(22)12-9-14-7-10-15(11-8-14)19(23)24-2/h3-13H,1-2H3,(H,21,22)/b12-9+. The molecule has 0 aliphatic heterocycles. The van der Waals surface area contributed by atoms with Gasteiger partial charge in [0.1, 0.15) is 0 Å². The van der Waals surface area contributed by atoms with Crippen LogP contribution >= 0.6 is 11.6 Å². The van der Waals surface area contributed by atoms with Gasteiger partial charge in [-0.05, 0) is 42.3 Å². The molecule has 0 radical (unpaired) electrons. The lowest BCUT2D eigenvalue weighted by Crippen LogP contribution is -2.24. The molecular weight excluding hydrogens is 326 g/mol. The van der Waals surface area contributed by atoms with Crippen LogP contribution in [0.15, 0.2) is 54.6 Å². The van der Waals surface area contributed by atoms with E-state index in [1.54, 1.807) is 36.4 Å². The Hall–Kier alpha value is -2.59. The maximum Gasteiger partial charge on any atom is 0.337 e. The second-order valence-corrected chi connectivity index (χ2v) is 5.61. The number of carbonyl (C=O) groups is 2. The third-order valence-electron chi connectivity index (χ3n) is 3.49. The summed E-state index contributed by atoms with van der Waals surface area (Å²) in [6.07, 6.45) is 3.12. The fraction of sp³-hybridized carbons (Fsp3) is 0.158. The van der Waals surface area contributed by atoms with Gasteiger partial charge in [0.25, 0.3) is 0 Å². The Bertz CT molecular complexity index is 753. The van der Waals surface area contributed by atoms with Gasteiger partial charge in [0.05, 0.1) is 18.7 Å². The number of hydrogen-bond donors (Lipinski definition) is 1. The summed E-state index contributed by atoms with van der Waals surface area (Å²) in [6.45, 7) is 1.87. The van der Waals surface area contributed by atoms with Gasteiger partial charge in [0.2, 0.25) is 5.91 Å². The first kappa shape index (κ1) is 17.8. The van der Waals surface area contributed by atoms with Crippen molar-refractivity contribution in [1.29, 1.82) is 0 Å². The van der Waals surface area contributed by atoms with Gasteiger partial charge in [-0.3, -0.25) is 4.79 Å². The minimum atomic E-state index is -0.392. The van der Waals surface area contributed by atoms with Crippen molar-refractivity contribution in [3.8, 4) is 0 Å². The number of methoxy groups -OCH3 is 1. The normalized spacial score (nSPS) is 12.0. The number of nitrogens with one attached hydrogen (secondary N) is 1. The monoisotopic (exact) mass is 343 g/mol. The van der Waals surface area contributed by atoms with Gasteiger partial charge in [-0.2, -0.15) is 0 Å². The van der Waals surface area contributed by atoms with Crippen molar-refractivity contribution in [2.24, 2.45) is 0 Å². The van der Waals surface area contributed by atoms with E-state index in [9.17, 15) is 9.59 Å². The number of rotatable bonds is 5. The van der Waals surface area contributed by atoms with E-state index in [2.05, 4.69) is 10.1 Å². The number of halogens is 1. The molecule has 124 valence electrons. The molecule has 0 saturated carbocycles. The van der Waals surface area contributed by atoms with Gasteiger partial charge in [-0.1, -0.05) is 41.9 Å². The molecule has 0 spiro atoms. The lowest BCUT2D eigenvalue weighted by molar-refractivity contribution is -0.117. The Kier molecular flexibility index (Phi) is 6.15. The average Bonchev–Trinajstić information content (AvgIpc) is 2.60. The van der Waals surface area contributed by atoms with Crippen LogP contribution in [0.5, 0.6) is 0 Å². The maximum atomic E-state index is 12.0. The van der Waals surface area contributed by atoms with Crippen LogP contribution in [0, 0.1) is 0 Å². The molecular formula is C19H18ClNO3. The Morgan fingerprint density at radius 2 is 1.79 bits per heavy atom. The molecule has 0 aliphatic carbocycles. The molecule has 4 nitrogen and oxygen atoms in total. The second kappa shape index (κ2) is 8.31. The molecule has 2 rings (SSSR count). The zero-order chi connectivity index (χ0) is 17.5. The van der Waals surface area contributed by atoms with E-state index in [1.807, 2.05) is 25.1 Å². The topological polar surface area (TPSA) is 55.4 Å². The summed E-state index contributed by atoms with van der Waals surface area (Å²) in [4.78, 5) is 23.4. The highest BCUT2D eigenvalue weighted by Crippen LogP contribution is 2.22. The van der Waals surface area contributed by atoms with Crippen LogP contribution in [0.4, 0.5) is 0 Å².